The van der Waals surface area contributed by atoms with Crippen LogP contribution in [0, 0.1) is 13.8 Å². The summed E-state index contributed by atoms with van der Waals surface area (Å²) < 4.78 is 0. The Hall–Kier alpha value is -1.91. The predicted octanol–water partition coefficient (Wildman–Crippen LogP) is 2.44. The summed E-state index contributed by atoms with van der Waals surface area (Å²) in [7, 11) is 0. The maximum atomic E-state index is 4.32. The van der Waals surface area contributed by atoms with Crippen molar-refractivity contribution in [3.05, 3.63) is 29.3 Å². The summed E-state index contributed by atoms with van der Waals surface area (Å²) in [5.41, 5.74) is 2.17. The third kappa shape index (κ3) is 2.27. The van der Waals surface area contributed by atoms with E-state index in [0.717, 1.165) is 23.2 Å². The third-order valence-corrected chi connectivity index (χ3v) is 2.84. The Morgan fingerprint density at radius 1 is 1.18 bits per heavy atom. The summed E-state index contributed by atoms with van der Waals surface area (Å²) in [4.78, 5) is 8.56. The summed E-state index contributed by atoms with van der Waals surface area (Å²) in [5.74, 6) is 3.07. The minimum absolute atomic E-state index is 0.687. The van der Waals surface area contributed by atoms with Crippen molar-refractivity contribution in [3.8, 4) is 0 Å². The predicted molar refractivity (Wildman–Crippen MR) is 65.4 cm³/mol. The molecule has 5 nitrogen and oxygen atoms in total. The lowest BCUT2D eigenvalue weighted by Gasteiger charge is -2.03. The van der Waals surface area contributed by atoms with Crippen LogP contribution in [-0.2, 0) is 0 Å². The van der Waals surface area contributed by atoms with Crippen LogP contribution in [-0.4, -0.2) is 20.2 Å². The number of aromatic amines is 1. The maximum absolute atomic E-state index is 4.32. The maximum Gasteiger partial charge on any atom is 0.153 e. The standard InChI is InChI=1S/C12H15N5/c1-7-5-11(14-8(2)13-7)15-12-6-10(16-17-12)9-3-4-9/h5-6,9H,3-4H2,1-2H3,(H2,13,14,15,16,17). The quantitative estimate of drug-likeness (QED) is 0.848. The molecule has 1 saturated carbocycles. The molecule has 0 spiro atoms. The molecule has 0 aliphatic heterocycles. The first-order valence-corrected chi connectivity index (χ1v) is 5.85. The second-order valence-electron chi connectivity index (χ2n) is 4.55. The topological polar surface area (TPSA) is 66.5 Å². The fraction of sp³-hybridized carbons (Fsp3) is 0.417. The number of rotatable bonds is 3. The molecule has 1 aliphatic rings. The molecular weight excluding hydrogens is 214 g/mol. The van der Waals surface area contributed by atoms with Gasteiger partial charge in [-0.05, 0) is 26.7 Å². The number of hydrogen-bond acceptors (Lipinski definition) is 4. The van der Waals surface area contributed by atoms with E-state index in [9.17, 15) is 0 Å². The van der Waals surface area contributed by atoms with Gasteiger partial charge >= 0.3 is 0 Å². The Bertz CT molecular complexity index is 521. The zero-order valence-corrected chi connectivity index (χ0v) is 9.99. The van der Waals surface area contributed by atoms with Crippen molar-refractivity contribution in [2.24, 2.45) is 0 Å². The van der Waals surface area contributed by atoms with Gasteiger partial charge in [0.25, 0.3) is 0 Å². The first-order chi connectivity index (χ1) is 8.20. The molecule has 3 rings (SSSR count). The lowest BCUT2D eigenvalue weighted by molar-refractivity contribution is 0.964. The Morgan fingerprint density at radius 2 is 2.00 bits per heavy atom. The van der Waals surface area contributed by atoms with Crippen LogP contribution >= 0.6 is 0 Å². The molecule has 0 radical (unpaired) electrons. The molecule has 0 atom stereocenters. The lowest BCUT2D eigenvalue weighted by atomic mass is 10.3. The number of nitrogens with zero attached hydrogens (tertiary/aromatic N) is 3. The van der Waals surface area contributed by atoms with E-state index in [1.165, 1.54) is 18.5 Å². The van der Waals surface area contributed by atoms with Gasteiger partial charge in [0, 0.05) is 29.4 Å². The van der Waals surface area contributed by atoms with Crippen LogP contribution in [0.3, 0.4) is 0 Å². The van der Waals surface area contributed by atoms with Crippen molar-refractivity contribution < 1.29 is 0 Å². The summed E-state index contributed by atoms with van der Waals surface area (Å²) >= 11 is 0. The van der Waals surface area contributed by atoms with E-state index in [2.05, 4.69) is 31.5 Å². The van der Waals surface area contributed by atoms with Crippen LogP contribution in [0.1, 0.15) is 36.0 Å². The molecule has 0 aromatic carbocycles. The van der Waals surface area contributed by atoms with E-state index in [1.807, 2.05) is 19.9 Å². The smallest absolute Gasteiger partial charge is 0.153 e. The molecular formula is C12H15N5. The molecule has 0 bridgehead atoms. The van der Waals surface area contributed by atoms with Crippen LogP contribution in [0.15, 0.2) is 12.1 Å². The van der Waals surface area contributed by atoms with Gasteiger partial charge in [0.2, 0.25) is 0 Å². The van der Waals surface area contributed by atoms with E-state index in [0.29, 0.717) is 5.92 Å². The normalized spacial score (nSPS) is 14.9. The van der Waals surface area contributed by atoms with Crippen LogP contribution in [0.4, 0.5) is 11.6 Å². The van der Waals surface area contributed by atoms with Gasteiger partial charge in [0.05, 0.1) is 0 Å². The van der Waals surface area contributed by atoms with Crippen LogP contribution in [0.2, 0.25) is 0 Å². The summed E-state index contributed by atoms with van der Waals surface area (Å²) in [6.07, 6.45) is 2.54. The van der Waals surface area contributed by atoms with Crippen LogP contribution in [0.25, 0.3) is 0 Å². The number of nitrogens with one attached hydrogen (secondary N) is 2. The van der Waals surface area contributed by atoms with E-state index < -0.39 is 0 Å². The van der Waals surface area contributed by atoms with E-state index in [4.69, 9.17) is 0 Å². The first kappa shape index (κ1) is 10.3. The largest absolute Gasteiger partial charge is 0.323 e. The summed E-state index contributed by atoms with van der Waals surface area (Å²) in [6.45, 7) is 3.85. The number of aromatic nitrogens is 4. The van der Waals surface area contributed by atoms with Crippen molar-refractivity contribution in [3.63, 3.8) is 0 Å². The molecule has 17 heavy (non-hydrogen) atoms. The van der Waals surface area contributed by atoms with Gasteiger partial charge in [0.15, 0.2) is 5.82 Å². The fourth-order valence-electron chi connectivity index (χ4n) is 1.92. The highest BCUT2D eigenvalue weighted by Gasteiger charge is 2.25. The Labute approximate surface area is 99.7 Å². The van der Waals surface area contributed by atoms with Crippen molar-refractivity contribution in [1.82, 2.24) is 20.2 Å². The van der Waals surface area contributed by atoms with Gasteiger partial charge in [-0.3, -0.25) is 5.10 Å². The van der Waals surface area contributed by atoms with Crippen molar-refractivity contribution in [2.75, 3.05) is 5.32 Å². The minimum Gasteiger partial charge on any atom is -0.323 e. The highest BCUT2D eigenvalue weighted by Crippen LogP contribution is 2.39. The molecule has 5 heteroatoms. The molecule has 2 aromatic heterocycles. The van der Waals surface area contributed by atoms with Gasteiger partial charge in [-0.2, -0.15) is 5.10 Å². The highest BCUT2D eigenvalue weighted by atomic mass is 15.2. The number of hydrogen-bond donors (Lipinski definition) is 2. The summed E-state index contributed by atoms with van der Waals surface area (Å²) in [5, 5.41) is 10.5. The van der Waals surface area contributed by atoms with Gasteiger partial charge in [-0.15, -0.1) is 0 Å². The second kappa shape index (κ2) is 3.84. The van der Waals surface area contributed by atoms with Crippen molar-refractivity contribution >= 4 is 11.6 Å². The van der Waals surface area contributed by atoms with Crippen molar-refractivity contribution in [1.29, 1.82) is 0 Å². The average Bonchev–Trinajstić information content (AvgIpc) is 2.99. The second-order valence-corrected chi connectivity index (χ2v) is 4.55. The van der Waals surface area contributed by atoms with E-state index in [1.54, 1.807) is 0 Å². The zero-order chi connectivity index (χ0) is 11.8. The van der Waals surface area contributed by atoms with Crippen molar-refractivity contribution in [2.45, 2.75) is 32.6 Å². The molecule has 0 saturated heterocycles. The monoisotopic (exact) mass is 229 g/mol. The third-order valence-electron chi connectivity index (χ3n) is 2.84. The zero-order valence-electron chi connectivity index (χ0n) is 9.99. The average molecular weight is 229 g/mol. The SMILES string of the molecule is Cc1cc(Nc2cc(C3CC3)[nH]n2)nc(C)n1. The first-order valence-electron chi connectivity index (χ1n) is 5.85. The van der Waals surface area contributed by atoms with Crippen LogP contribution < -0.4 is 5.32 Å². The molecule has 88 valence electrons. The molecule has 2 aromatic rings. The Kier molecular flexibility index (Phi) is 2.31. The molecule has 1 aliphatic carbocycles. The van der Waals surface area contributed by atoms with Gasteiger partial charge in [-0.1, -0.05) is 0 Å². The van der Waals surface area contributed by atoms with Gasteiger partial charge in [-0.25, -0.2) is 9.97 Å². The fourth-order valence-corrected chi connectivity index (χ4v) is 1.92. The lowest BCUT2D eigenvalue weighted by Crippen LogP contribution is -1.98. The molecule has 0 unspecified atom stereocenters. The summed E-state index contributed by atoms with van der Waals surface area (Å²) in [6, 6.07) is 3.98. The minimum atomic E-state index is 0.687. The van der Waals surface area contributed by atoms with E-state index >= 15 is 0 Å². The number of anilines is 2. The number of H-pyrrole nitrogens is 1. The Morgan fingerprint density at radius 3 is 2.71 bits per heavy atom. The molecule has 0 amide bonds. The molecule has 1 fully saturated rings. The van der Waals surface area contributed by atoms with Gasteiger partial charge in [0.1, 0.15) is 11.6 Å². The Balaban J connectivity index is 1.80. The molecule has 2 heterocycles. The van der Waals surface area contributed by atoms with E-state index in [-0.39, 0.29) is 0 Å². The van der Waals surface area contributed by atoms with Gasteiger partial charge < -0.3 is 5.32 Å². The molecule has 2 N–H and O–H groups in total. The van der Waals surface area contributed by atoms with Crippen LogP contribution in [0.5, 0.6) is 0 Å². The number of aryl methyl sites for hydroxylation is 2. The highest BCUT2D eigenvalue weighted by molar-refractivity contribution is 5.52.